The number of benzene rings is 2. The maximum atomic E-state index is 13.1. The molecule has 2 rings (SSSR count). The first kappa shape index (κ1) is 66.3. The molecule has 17 nitrogen and oxygen atoms in total. The summed E-state index contributed by atoms with van der Waals surface area (Å²) in [6.07, 6.45) is -1.83. The molecule has 3 atom stereocenters. The van der Waals surface area contributed by atoms with Crippen LogP contribution in [0.4, 0.5) is 9.59 Å². The van der Waals surface area contributed by atoms with Crippen molar-refractivity contribution in [3.8, 4) is 0 Å². The Balaban J connectivity index is 0. The number of aldehydes is 1. The number of nitrogens with zero attached hydrogens (tertiary/aromatic N) is 4. The van der Waals surface area contributed by atoms with Gasteiger partial charge in [-0.1, -0.05) is 86.2 Å². The average Bonchev–Trinajstić information content (AvgIpc) is 3.16. The number of hydrogen-bond donors (Lipinski definition) is 2. The molecule has 0 fully saturated rings. The molecule has 23 heteroatoms. The van der Waals surface area contributed by atoms with Crippen molar-refractivity contribution in [3.05, 3.63) is 67.6 Å². The summed E-state index contributed by atoms with van der Waals surface area (Å²) in [5.41, 5.74) is -2.79. The number of rotatable bonds is 15. The van der Waals surface area contributed by atoms with E-state index in [0.29, 0.717) is 21.2 Å². The number of halogens is 5. The maximum Gasteiger partial charge on any atom is 1.00 e. The fourth-order valence-corrected chi connectivity index (χ4v) is 7.01. The molecule has 370 valence electrons. The zero-order chi connectivity index (χ0) is 51.2. The Morgan fingerprint density at radius 2 is 0.985 bits per heavy atom. The minimum Gasteiger partial charge on any atom is -0.444 e. The van der Waals surface area contributed by atoms with Gasteiger partial charge in [-0.25, -0.2) is 9.59 Å². The summed E-state index contributed by atoms with van der Waals surface area (Å²) in [7, 11) is 6.35. The van der Waals surface area contributed by atoms with Gasteiger partial charge in [0.2, 0.25) is 11.8 Å². The Hall–Kier alpha value is -1.76. The van der Waals surface area contributed by atoms with Crippen LogP contribution in [0.1, 0.15) is 93.2 Å². The van der Waals surface area contributed by atoms with E-state index in [2.05, 4.69) is 0 Å². The third-order valence-electron chi connectivity index (χ3n) is 9.48. The van der Waals surface area contributed by atoms with Crippen molar-refractivity contribution >= 4 is 76.7 Å². The van der Waals surface area contributed by atoms with Gasteiger partial charge < -0.3 is 34.3 Å². The second-order valence-corrected chi connectivity index (χ2v) is 21.7. The van der Waals surface area contributed by atoms with E-state index in [9.17, 15) is 34.2 Å². The summed E-state index contributed by atoms with van der Waals surface area (Å²) in [5, 5.41) is 21.2. The van der Waals surface area contributed by atoms with E-state index in [0.717, 1.165) is 6.29 Å². The quantitative estimate of drug-likeness (QED) is 0.111. The van der Waals surface area contributed by atoms with Crippen LogP contribution in [0.3, 0.4) is 0 Å². The van der Waals surface area contributed by atoms with Gasteiger partial charge in [-0.3, -0.25) is 33.1 Å². The normalized spacial score (nSPS) is 13.8. The van der Waals surface area contributed by atoms with E-state index in [-0.39, 0.29) is 89.2 Å². The van der Waals surface area contributed by atoms with Crippen molar-refractivity contribution in [3.63, 3.8) is 0 Å². The number of hydrogen-bond acceptors (Lipinski definition) is 13. The Morgan fingerprint density at radius 1 is 0.667 bits per heavy atom. The molecule has 0 radical (unpaired) electrons. The van der Waals surface area contributed by atoms with Gasteiger partial charge in [0.05, 0.1) is 43.9 Å². The van der Waals surface area contributed by atoms with E-state index < -0.39 is 67.3 Å². The molecule has 0 heterocycles. The SMILES string of the molecule is CC(C)C(=O)N(C)CC(CC(O)CO)(c1ccc(Cl)c(Cl)c1)N(C)C(=O)OC(C)(C)C.CC(C)C(=O)N(C)CC(CC=O)(c1ccc(Cl)c(Cl)c1)N(C)C(=O)OC(C)(C)C.[Na+].[O-][I+3]([O-])([O-])[O-]. The minimum absolute atomic E-state index is 0. The predicted molar refractivity (Wildman–Crippen MR) is 238 cm³/mol. The second kappa shape index (κ2) is 28.2. The first-order valence-corrected chi connectivity index (χ1v) is 25.1. The monoisotopic (exact) mass is 1130 g/mol. The zero-order valence-electron chi connectivity index (χ0n) is 40.4. The van der Waals surface area contributed by atoms with E-state index in [1.54, 1.807) is 127 Å². The number of aliphatic hydroxyl groups is 2. The van der Waals surface area contributed by atoms with Crippen LogP contribution in [0.2, 0.25) is 20.1 Å². The topological polar surface area (TPSA) is 249 Å². The Morgan fingerprint density at radius 3 is 1.27 bits per heavy atom. The third kappa shape index (κ3) is 21.9. The van der Waals surface area contributed by atoms with Crippen LogP contribution < -0.4 is 63.4 Å². The average molecular weight is 1140 g/mol. The fraction of sp³-hybridized carbons (Fsp3) is 0.605. The van der Waals surface area contributed by atoms with Crippen molar-refractivity contribution in [1.82, 2.24) is 19.6 Å². The van der Waals surface area contributed by atoms with Gasteiger partial charge in [-0.05, 0) is 76.9 Å². The van der Waals surface area contributed by atoms with Crippen molar-refractivity contribution in [2.45, 2.75) is 110 Å². The van der Waals surface area contributed by atoms with Gasteiger partial charge in [0.15, 0.2) is 0 Å². The molecule has 2 N–H and O–H groups in total. The van der Waals surface area contributed by atoms with Gasteiger partial charge >= 0.3 is 41.7 Å². The summed E-state index contributed by atoms with van der Waals surface area (Å²) in [4.78, 5) is 68.7. The fourth-order valence-electron chi connectivity index (χ4n) is 6.42. The van der Waals surface area contributed by atoms with Crippen molar-refractivity contribution in [1.29, 1.82) is 0 Å². The van der Waals surface area contributed by atoms with Crippen LogP contribution in [0.25, 0.3) is 0 Å². The van der Waals surface area contributed by atoms with E-state index >= 15 is 0 Å². The molecule has 3 unspecified atom stereocenters. The maximum absolute atomic E-state index is 13.1. The molecule has 0 aromatic heterocycles. The van der Waals surface area contributed by atoms with Crippen LogP contribution in [-0.2, 0) is 34.9 Å². The second-order valence-electron chi connectivity index (χ2n) is 17.9. The number of carbonyl (C=O) groups excluding carboxylic acids is 5. The first-order valence-electron chi connectivity index (χ1n) is 20.1. The van der Waals surface area contributed by atoms with E-state index in [1.807, 2.05) is 0 Å². The number of carbonyl (C=O) groups is 5. The smallest absolute Gasteiger partial charge is 0.444 e. The molecule has 0 saturated carbocycles. The van der Waals surface area contributed by atoms with Crippen molar-refractivity contribution in [2.75, 3.05) is 47.9 Å². The summed E-state index contributed by atoms with van der Waals surface area (Å²) in [6.45, 7) is 17.2. The van der Waals surface area contributed by atoms with Gasteiger partial charge in [0, 0.05) is 66.0 Å². The molecule has 2 aromatic carbocycles. The number of ether oxygens (including phenoxy) is 2. The Bertz CT molecular complexity index is 1910. The summed E-state index contributed by atoms with van der Waals surface area (Å²) >= 11 is 18.7. The van der Waals surface area contributed by atoms with Crippen LogP contribution in [0.15, 0.2) is 36.4 Å². The molecule has 0 aliphatic heterocycles. The Labute approximate surface area is 437 Å². The molecule has 2 aromatic rings. The van der Waals surface area contributed by atoms with Gasteiger partial charge in [-0.15, -0.1) is 0 Å². The van der Waals surface area contributed by atoms with Gasteiger partial charge in [0.25, 0.3) is 0 Å². The molecule has 66 heavy (non-hydrogen) atoms. The molecular formula is C43H64Cl4IN4NaO13. The minimum atomic E-state index is -5.94. The summed E-state index contributed by atoms with van der Waals surface area (Å²) < 4.78 is 45.6. The van der Waals surface area contributed by atoms with Crippen molar-refractivity contribution in [2.24, 2.45) is 11.8 Å². The van der Waals surface area contributed by atoms with Crippen LogP contribution in [-0.4, -0.2) is 125 Å². The predicted octanol–water partition coefficient (Wildman–Crippen LogP) is -2.08. The van der Waals surface area contributed by atoms with Crippen LogP contribution >= 0.6 is 46.4 Å². The van der Waals surface area contributed by atoms with Crippen LogP contribution in [0.5, 0.6) is 0 Å². The summed E-state index contributed by atoms with van der Waals surface area (Å²) in [5.74, 6) is -0.765. The standard InChI is InChI=1S/C22H34Cl2N2O5.C21H30Cl2N2O4.IO4.Na/c1-14(2)19(29)25(6)13-22(11-16(28)12-27,15-8-9-17(23)18(24)10-15)26(7)20(30)31-21(3,4)5;1-14(2)18(27)24(6)13-21(10-11-26,15-8-9-16(22)17(23)12-15)25(7)19(28)29-20(3,4)5;2-1(3,4)5;/h8-10,14,16,27-28H,11-13H2,1-7H3;8-9,11-12,14H,10,13H2,1-7H3;;/q;;-1;+1. The number of aliphatic hydroxyl groups excluding tert-OH is 2. The summed E-state index contributed by atoms with van der Waals surface area (Å²) in [6, 6.07) is 9.79. The first-order chi connectivity index (χ1) is 29.4. The van der Waals surface area contributed by atoms with Crippen LogP contribution in [0, 0.1) is 11.8 Å². The number of amides is 4. The number of likely N-dealkylation sites (N-methyl/N-ethyl adjacent to an activating group) is 4. The molecular weight excluding hydrogens is 1070 g/mol. The molecule has 0 saturated heterocycles. The van der Waals surface area contributed by atoms with Gasteiger partial charge in [-0.2, -0.15) is 0 Å². The largest absolute Gasteiger partial charge is 1.00 e. The third-order valence-corrected chi connectivity index (χ3v) is 11.0. The molecule has 0 spiro atoms. The molecule has 0 aliphatic carbocycles. The molecule has 4 amide bonds. The van der Waals surface area contributed by atoms with Crippen molar-refractivity contribution < 1.29 is 107 Å². The molecule has 0 bridgehead atoms. The van der Waals surface area contributed by atoms with E-state index in [4.69, 9.17) is 69.6 Å². The van der Waals surface area contributed by atoms with E-state index in [1.165, 1.54) is 26.6 Å². The molecule has 0 aliphatic rings. The van der Waals surface area contributed by atoms with Gasteiger partial charge in [0.1, 0.15) is 37.6 Å². The zero-order valence-corrected chi connectivity index (χ0v) is 47.6. The Kier molecular flexibility index (Phi) is 28.3.